The van der Waals surface area contributed by atoms with Gasteiger partial charge in [-0.15, -0.1) is 5.10 Å². The van der Waals surface area contributed by atoms with Crippen molar-refractivity contribution >= 4 is 29.5 Å². The molecule has 1 saturated carbocycles. The van der Waals surface area contributed by atoms with Crippen molar-refractivity contribution in [3.05, 3.63) is 28.1 Å². The Labute approximate surface area is 186 Å². The van der Waals surface area contributed by atoms with E-state index in [-0.39, 0.29) is 29.5 Å². The van der Waals surface area contributed by atoms with Crippen LogP contribution in [0.3, 0.4) is 0 Å². The van der Waals surface area contributed by atoms with Crippen molar-refractivity contribution in [2.75, 3.05) is 5.32 Å². The molecule has 0 unspecified atom stereocenters. The van der Waals surface area contributed by atoms with E-state index in [2.05, 4.69) is 22.3 Å². The topological polar surface area (TPSA) is 127 Å². The Bertz CT molecular complexity index is 1140. The molecule has 10 heteroatoms. The van der Waals surface area contributed by atoms with Crippen LogP contribution < -0.4 is 16.2 Å². The van der Waals surface area contributed by atoms with Gasteiger partial charge in [-0.1, -0.05) is 33.4 Å². The highest BCUT2D eigenvalue weighted by molar-refractivity contribution is 5.97. The summed E-state index contributed by atoms with van der Waals surface area (Å²) < 4.78 is 7.75. The highest BCUT2D eigenvalue weighted by atomic mass is 16.6. The minimum Gasteiger partial charge on any atom is -0.494 e. The van der Waals surface area contributed by atoms with E-state index in [1.165, 1.54) is 10.6 Å². The van der Waals surface area contributed by atoms with Crippen LogP contribution in [-0.2, 0) is 11.3 Å². The minimum atomic E-state index is -0.791. The predicted molar refractivity (Wildman–Crippen MR) is 121 cm³/mol. The number of fused-ring (bicyclic) bond motifs is 1. The van der Waals surface area contributed by atoms with Gasteiger partial charge in [0.1, 0.15) is 5.60 Å². The highest BCUT2D eigenvalue weighted by Gasteiger charge is 2.32. The van der Waals surface area contributed by atoms with Crippen molar-refractivity contribution in [1.29, 1.82) is 0 Å². The number of nitrogens with zero attached hydrogens (tertiary/aromatic N) is 3. The lowest BCUT2D eigenvalue weighted by atomic mass is 9.96. The second kappa shape index (κ2) is 7.99. The smallest absolute Gasteiger partial charge is 0.413 e. The molecule has 0 saturated heterocycles. The second-order valence-electron chi connectivity index (χ2n) is 10.2. The van der Waals surface area contributed by atoms with Gasteiger partial charge in [0.05, 0.1) is 5.56 Å². The standard InChI is InChI=1S/C22H31N5O5/c1-8-13-15(24-20(31)32-22(5,6)7)25-27-17(13)26(11-21(2,3)4)18(29)14(19(27)30)16(28)23-12-9-10-12/h8,12,29H,1,9-11H2,2-7H3,(H,23,28)(H,24,25,31). The first-order valence-electron chi connectivity index (χ1n) is 10.5. The second-order valence-corrected chi connectivity index (χ2v) is 10.2. The average Bonchev–Trinajstić information content (AvgIpc) is 3.35. The lowest BCUT2D eigenvalue weighted by molar-refractivity contribution is 0.0635. The third kappa shape index (κ3) is 4.95. The Balaban J connectivity index is 2.22. The molecule has 2 aromatic rings. The van der Waals surface area contributed by atoms with Gasteiger partial charge in [-0.05, 0) is 39.0 Å². The minimum absolute atomic E-state index is 0.00110. The van der Waals surface area contributed by atoms with Crippen molar-refractivity contribution in [2.45, 2.75) is 72.6 Å². The van der Waals surface area contributed by atoms with Gasteiger partial charge >= 0.3 is 6.09 Å². The number of ether oxygens (including phenoxy) is 1. The quantitative estimate of drug-likeness (QED) is 0.649. The SMILES string of the molecule is C=Cc1c(NC(=O)OC(C)(C)C)nn2c(=O)c(C(=O)NC3CC3)c(O)n(CC(C)(C)C)c12. The molecule has 10 nitrogen and oxygen atoms in total. The molecule has 0 bridgehead atoms. The summed E-state index contributed by atoms with van der Waals surface area (Å²) in [7, 11) is 0. The molecule has 1 aliphatic carbocycles. The molecular formula is C22H31N5O5. The maximum atomic E-state index is 13.2. The summed E-state index contributed by atoms with van der Waals surface area (Å²) in [6, 6.07) is -0.00110. The van der Waals surface area contributed by atoms with Gasteiger partial charge in [0, 0.05) is 12.6 Å². The molecule has 2 amide bonds. The Morgan fingerprint density at radius 1 is 1.25 bits per heavy atom. The molecule has 1 fully saturated rings. The number of carbonyl (C=O) groups is 2. The van der Waals surface area contributed by atoms with Crippen LogP contribution in [0, 0.1) is 5.41 Å². The van der Waals surface area contributed by atoms with E-state index in [0.29, 0.717) is 5.56 Å². The van der Waals surface area contributed by atoms with Crippen LogP contribution in [0.5, 0.6) is 5.88 Å². The summed E-state index contributed by atoms with van der Waals surface area (Å²) in [6.07, 6.45) is 2.33. The van der Waals surface area contributed by atoms with Crippen molar-refractivity contribution in [3.63, 3.8) is 0 Å². The molecule has 32 heavy (non-hydrogen) atoms. The summed E-state index contributed by atoms with van der Waals surface area (Å²) >= 11 is 0. The number of hydrogen-bond donors (Lipinski definition) is 3. The van der Waals surface area contributed by atoms with Crippen LogP contribution in [0.1, 0.15) is 70.3 Å². The van der Waals surface area contributed by atoms with Gasteiger partial charge in [-0.25, -0.2) is 4.79 Å². The fourth-order valence-electron chi connectivity index (χ4n) is 3.25. The van der Waals surface area contributed by atoms with Crippen molar-refractivity contribution in [3.8, 4) is 5.88 Å². The van der Waals surface area contributed by atoms with E-state index in [4.69, 9.17) is 4.74 Å². The van der Waals surface area contributed by atoms with E-state index in [1.54, 1.807) is 20.8 Å². The fraction of sp³-hybridized carbons (Fsp3) is 0.545. The molecule has 0 aliphatic heterocycles. The van der Waals surface area contributed by atoms with Crippen molar-refractivity contribution < 1.29 is 19.4 Å². The number of aromatic hydroxyl groups is 1. The zero-order valence-electron chi connectivity index (χ0n) is 19.4. The maximum Gasteiger partial charge on any atom is 0.413 e. The summed E-state index contributed by atoms with van der Waals surface area (Å²) in [5, 5.41) is 20.5. The first-order chi connectivity index (χ1) is 14.7. The molecular weight excluding hydrogens is 414 g/mol. The third-order valence-electron chi connectivity index (χ3n) is 4.63. The van der Waals surface area contributed by atoms with Crippen LogP contribution in [0.4, 0.5) is 10.6 Å². The summed E-state index contributed by atoms with van der Waals surface area (Å²) in [6.45, 7) is 15.1. The van der Waals surface area contributed by atoms with Crippen LogP contribution in [0.2, 0.25) is 0 Å². The number of hydrogen-bond acceptors (Lipinski definition) is 6. The molecule has 0 radical (unpaired) electrons. The van der Waals surface area contributed by atoms with E-state index >= 15 is 0 Å². The van der Waals surface area contributed by atoms with E-state index in [1.807, 2.05) is 20.8 Å². The average molecular weight is 446 g/mol. The van der Waals surface area contributed by atoms with E-state index in [9.17, 15) is 19.5 Å². The Morgan fingerprint density at radius 2 is 1.88 bits per heavy atom. The molecule has 174 valence electrons. The molecule has 2 heterocycles. The van der Waals surface area contributed by atoms with Gasteiger partial charge in [-0.2, -0.15) is 4.52 Å². The van der Waals surface area contributed by atoms with Crippen LogP contribution in [0.15, 0.2) is 11.4 Å². The first kappa shape index (κ1) is 23.4. The molecule has 0 aromatic carbocycles. The summed E-state index contributed by atoms with van der Waals surface area (Å²) in [5.74, 6) is -1.08. The number of anilines is 1. The first-order valence-corrected chi connectivity index (χ1v) is 10.5. The largest absolute Gasteiger partial charge is 0.494 e. The fourth-order valence-corrected chi connectivity index (χ4v) is 3.25. The molecule has 0 atom stereocenters. The van der Waals surface area contributed by atoms with Crippen LogP contribution in [-0.4, -0.2) is 42.9 Å². The zero-order chi connectivity index (χ0) is 24.0. The summed E-state index contributed by atoms with van der Waals surface area (Å²) in [5.41, 5.74) is -1.71. The monoisotopic (exact) mass is 445 g/mol. The Hall–Kier alpha value is -3.30. The Kier molecular flexibility index (Phi) is 5.84. The number of aromatic nitrogens is 3. The van der Waals surface area contributed by atoms with Crippen LogP contribution >= 0.6 is 0 Å². The van der Waals surface area contributed by atoms with Crippen molar-refractivity contribution in [1.82, 2.24) is 19.5 Å². The molecule has 1 aliphatic rings. The number of rotatable bonds is 5. The van der Waals surface area contributed by atoms with Gasteiger partial charge < -0.3 is 15.2 Å². The molecule has 3 N–H and O–H groups in total. The number of amides is 2. The summed E-state index contributed by atoms with van der Waals surface area (Å²) in [4.78, 5) is 38.3. The maximum absolute atomic E-state index is 13.2. The Morgan fingerprint density at radius 3 is 2.38 bits per heavy atom. The van der Waals surface area contributed by atoms with Gasteiger partial charge in [0.25, 0.3) is 11.5 Å². The van der Waals surface area contributed by atoms with E-state index < -0.39 is 34.6 Å². The predicted octanol–water partition coefficient (Wildman–Crippen LogP) is 3.13. The highest BCUT2D eigenvalue weighted by Crippen LogP contribution is 2.30. The number of carbonyl (C=O) groups excluding carboxylic acids is 2. The van der Waals surface area contributed by atoms with E-state index in [0.717, 1.165) is 17.4 Å². The lowest BCUT2D eigenvalue weighted by Crippen LogP contribution is -2.35. The molecule has 3 rings (SSSR count). The van der Waals surface area contributed by atoms with Gasteiger partial charge in [0.2, 0.25) is 5.88 Å². The zero-order valence-corrected chi connectivity index (χ0v) is 19.4. The lowest BCUT2D eigenvalue weighted by Gasteiger charge is -2.23. The van der Waals surface area contributed by atoms with Gasteiger partial charge in [-0.3, -0.25) is 19.5 Å². The van der Waals surface area contributed by atoms with Crippen LogP contribution in [0.25, 0.3) is 11.7 Å². The normalized spacial score (nSPS) is 14.3. The van der Waals surface area contributed by atoms with Gasteiger partial charge in [0.15, 0.2) is 17.0 Å². The number of nitrogens with one attached hydrogen (secondary N) is 2. The molecule has 2 aromatic heterocycles. The third-order valence-corrected chi connectivity index (χ3v) is 4.63. The van der Waals surface area contributed by atoms with Crippen molar-refractivity contribution in [2.24, 2.45) is 5.41 Å². The molecule has 0 spiro atoms.